The van der Waals surface area contributed by atoms with Crippen LogP contribution in [0.5, 0.6) is 0 Å². The minimum absolute atomic E-state index is 0. The second-order valence-electron chi connectivity index (χ2n) is 15.3. The van der Waals surface area contributed by atoms with E-state index in [1.54, 1.807) is 6.20 Å². The van der Waals surface area contributed by atoms with Gasteiger partial charge in [0.2, 0.25) is 5.71 Å². The molecule has 0 amide bonds. The van der Waals surface area contributed by atoms with Crippen LogP contribution in [0.4, 0.5) is 0 Å². The molecule has 0 N–H and O–H groups in total. The average Bonchev–Trinajstić information content (AvgIpc) is 3.44. The van der Waals surface area contributed by atoms with Crippen molar-refractivity contribution in [1.29, 1.82) is 0 Å². The Bertz CT molecular complexity index is 1950. The van der Waals surface area contributed by atoms with Gasteiger partial charge < -0.3 is 14.4 Å². The first-order valence-corrected chi connectivity index (χ1v) is 20.6. The molecule has 0 atom stereocenters. The van der Waals surface area contributed by atoms with E-state index in [0.29, 0.717) is 5.71 Å². The maximum absolute atomic E-state index is 6.05. The first-order chi connectivity index (χ1) is 22.5. The van der Waals surface area contributed by atoms with Crippen LogP contribution in [0.15, 0.2) is 89.7 Å². The molecule has 4 aromatic heterocycles. The fraction of sp³-hybridized carbons (Fsp3) is 0.357. The number of furan rings is 1. The molecule has 0 bridgehead atoms. The van der Waals surface area contributed by atoms with E-state index in [4.69, 9.17) is 9.40 Å². The summed E-state index contributed by atoms with van der Waals surface area (Å²) < 4.78 is 6.05. The Kier molecular flexibility index (Phi) is 11.5. The van der Waals surface area contributed by atoms with Crippen LogP contribution < -0.4 is 5.19 Å². The number of aromatic nitrogens is 3. The van der Waals surface area contributed by atoms with Crippen LogP contribution in [0, 0.1) is 23.5 Å². The minimum Gasteiger partial charge on any atom is -0.486 e. The van der Waals surface area contributed by atoms with Crippen molar-refractivity contribution in [2.75, 3.05) is 0 Å². The molecule has 1 aliphatic carbocycles. The molecule has 6 heteroatoms. The number of benzene rings is 2. The SMILES string of the molecule is CC(C)(C)Cc1cc(-c2[c-]cccc2)ncc1[Si](C)(C)C.[Ir].[c-]1ccc2c(oc3ncccc32)c1-c1cc(CC2CCCCC2)ccn1. The predicted octanol–water partition coefficient (Wildman–Crippen LogP) is 10.6. The van der Waals surface area contributed by atoms with Crippen molar-refractivity contribution in [1.82, 2.24) is 15.0 Å². The Balaban J connectivity index is 0.000000189. The van der Waals surface area contributed by atoms with Crippen molar-refractivity contribution < 1.29 is 24.5 Å². The molecule has 0 unspecified atom stereocenters. The summed E-state index contributed by atoms with van der Waals surface area (Å²) in [5.41, 5.74) is 8.57. The zero-order valence-corrected chi connectivity index (χ0v) is 32.6. The number of hydrogen-bond acceptors (Lipinski definition) is 4. The molecule has 0 saturated heterocycles. The number of pyridine rings is 3. The normalized spacial score (nSPS) is 14.0. The van der Waals surface area contributed by atoms with Gasteiger partial charge in [-0.3, -0.25) is 0 Å². The minimum atomic E-state index is -1.37. The molecule has 4 heterocycles. The largest absolute Gasteiger partial charge is 0.486 e. The zero-order chi connectivity index (χ0) is 33.0. The maximum Gasteiger partial charge on any atom is 0.216 e. The Labute approximate surface area is 301 Å². The molecule has 1 saturated carbocycles. The van der Waals surface area contributed by atoms with Gasteiger partial charge in [-0.1, -0.05) is 107 Å². The molecule has 1 radical (unpaired) electrons. The summed E-state index contributed by atoms with van der Waals surface area (Å²) in [7, 11) is -1.37. The summed E-state index contributed by atoms with van der Waals surface area (Å²) in [6.45, 7) is 14.1. The van der Waals surface area contributed by atoms with Gasteiger partial charge in [-0.05, 0) is 58.9 Å². The number of fused-ring (bicyclic) bond motifs is 3. The average molecular weight is 830 g/mol. The molecule has 4 nitrogen and oxygen atoms in total. The van der Waals surface area contributed by atoms with Crippen LogP contribution in [0.25, 0.3) is 44.6 Å². The Morgan fingerprint density at radius 2 is 1.62 bits per heavy atom. The predicted molar refractivity (Wildman–Crippen MR) is 199 cm³/mol. The summed E-state index contributed by atoms with van der Waals surface area (Å²) in [5, 5.41) is 3.59. The van der Waals surface area contributed by atoms with E-state index in [0.717, 1.165) is 57.6 Å². The molecule has 0 aliphatic heterocycles. The van der Waals surface area contributed by atoms with Crippen LogP contribution >= 0.6 is 0 Å². The van der Waals surface area contributed by atoms with Gasteiger partial charge in [0.1, 0.15) is 0 Å². The fourth-order valence-corrected chi connectivity index (χ4v) is 8.39. The van der Waals surface area contributed by atoms with E-state index in [1.165, 1.54) is 48.4 Å². The Morgan fingerprint density at radius 1 is 0.812 bits per heavy atom. The van der Waals surface area contributed by atoms with Crippen LogP contribution in [0.1, 0.15) is 64.0 Å². The first kappa shape index (κ1) is 35.9. The van der Waals surface area contributed by atoms with Crippen molar-refractivity contribution in [3.8, 4) is 22.5 Å². The molecule has 2 aromatic carbocycles. The summed E-state index contributed by atoms with van der Waals surface area (Å²) in [6.07, 6.45) is 14.9. The molecule has 0 spiro atoms. The second kappa shape index (κ2) is 15.4. The summed E-state index contributed by atoms with van der Waals surface area (Å²) >= 11 is 0. The molecule has 6 aromatic rings. The van der Waals surface area contributed by atoms with Gasteiger partial charge in [-0.15, -0.1) is 54.1 Å². The maximum atomic E-state index is 6.05. The zero-order valence-electron chi connectivity index (χ0n) is 29.2. The Hall–Kier alpha value is -3.44. The number of rotatable bonds is 6. The standard InChI is InChI=1S/C23H21N2O.C19H26NSi.Ir/c1-2-6-16(7-3-1)14-17-11-13-24-21(15-17)20-9-4-8-18-19-10-5-12-25-23(19)26-22(18)20;1-19(2,3)13-16-12-17(15-10-8-7-9-11-15)20-14-18(16)21(4,5)6;/h4-5,8,10-13,15-16H,1-3,6-7,14H2;7-10,12,14H,13H2,1-6H3;/q2*-1;. The van der Waals surface area contributed by atoms with Crippen molar-refractivity contribution in [2.24, 2.45) is 11.3 Å². The molecule has 1 aliphatic rings. The van der Waals surface area contributed by atoms with Crippen molar-refractivity contribution in [3.63, 3.8) is 0 Å². The van der Waals surface area contributed by atoms with Crippen molar-refractivity contribution >= 4 is 35.3 Å². The molecule has 7 rings (SSSR count). The Morgan fingerprint density at radius 3 is 2.35 bits per heavy atom. The van der Waals surface area contributed by atoms with Crippen molar-refractivity contribution in [3.05, 3.63) is 109 Å². The van der Waals surface area contributed by atoms with Crippen LogP contribution in [0.3, 0.4) is 0 Å². The first-order valence-electron chi connectivity index (χ1n) is 17.1. The van der Waals surface area contributed by atoms with E-state index in [1.807, 2.05) is 48.7 Å². The van der Waals surface area contributed by atoms with E-state index >= 15 is 0 Å². The second-order valence-corrected chi connectivity index (χ2v) is 20.3. The smallest absolute Gasteiger partial charge is 0.216 e. The quantitative estimate of drug-likeness (QED) is 0.124. The molecule has 1 fully saturated rings. The van der Waals surface area contributed by atoms with Gasteiger partial charge in [-0.25, -0.2) is 4.98 Å². The summed E-state index contributed by atoms with van der Waals surface area (Å²) in [4.78, 5) is 13.7. The van der Waals surface area contributed by atoms with E-state index in [-0.39, 0.29) is 25.5 Å². The van der Waals surface area contributed by atoms with Gasteiger partial charge in [0.15, 0.2) is 0 Å². The molecule has 48 heavy (non-hydrogen) atoms. The topological polar surface area (TPSA) is 51.8 Å². The monoisotopic (exact) mass is 830 g/mol. The van der Waals surface area contributed by atoms with E-state index < -0.39 is 8.07 Å². The number of hydrogen-bond donors (Lipinski definition) is 0. The van der Waals surface area contributed by atoms with Gasteiger partial charge in [0.05, 0.1) is 13.7 Å². The van der Waals surface area contributed by atoms with Gasteiger partial charge in [0, 0.05) is 44.1 Å². The third-order valence-corrected chi connectivity index (χ3v) is 11.1. The molecule has 251 valence electrons. The van der Waals surface area contributed by atoms with Crippen LogP contribution in [0.2, 0.25) is 19.6 Å². The van der Waals surface area contributed by atoms with Gasteiger partial charge >= 0.3 is 0 Å². The third kappa shape index (κ3) is 8.77. The van der Waals surface area contributed by atoms with Crippen LogP contribution in [-0.2, 0) is 32.9 Å². The summed E-state index contributed by atoms with van der Waals surface area (Å²) in [6, 6.07) is 29.3. The number of nitrogens with zero attached hydrogens (tertiary/aromatic N) is 3. The summed E-state index contributed by atoms with van der Waals surface area (Å²) in [5.74, 6) is 0.814. The van der Waals surface area contributed by atoms with Crippen molar-refractivity contribution in [2.45, 2.75) is 85.4 Å². The van der Waals surface area contributed by atoms with Crippen LogP contribution in [-0.4, -0.2) is 23.0 Å². The van der Waals surface area contributed by atoms with E-state index in [2.05, 4.69) is 93.0 Å². The fourth-order valence-electron chi connectivity index (χ4n) is 6.82. The third-order valence-electron chi connectivity index (χ3n) is 9.04. The van der Waals surface area contributed by atoms with Gasteiger partial charge in [0.25, 0.3) is 0 Å². The van der Waals surface area contributed by atoms with E-state index in [9.17, 15) is 0 Å². The molecular formula is C42H47IrN3OSi-2. The molecular weight excluding hydrogens is 783 g/mol. The van der Waals surface area contributed by atoms with Gasteiger partial charge in [-0.2, -0.15) is 0 Å².